The lowest BCUT2D eigenvalue weighted by Gasteiger charge is -2.31. The van der Waals surface area contributed by atoms with Crippen LogP contribution in [0.1, 0.15) is 29.7 Å². The van der Waals surface area contributed by atoms with Gasteiger partial charge in [0.2, 0.25) is 5.91 Å². The van der Waals surface area contributed by atoms with Crippen LogP contribution in [-0.4, -0.2) is 43.6 Å². The fourth-order valence-corrected chi connectivity index (χ4v) is 5.28. The van der Waals surface area contributed by atoms with Crippen molar-refractivity contribution in [2.24, 2.45) is 5.92 Å². The van der Waals surface area contributed by atoms with E-state index in [1.54, 1.807) is 12.4 Å². The van der Waals surface area contributed by atoms with Gasteiger partial charge in [0.05, 0.1) is 5.69 Å². The van der Waals surface area contributed by atoms with Crippen LogP contribution >= 0.6 is 23.2 Å². The summed E-state index contributed by atoms with van der Waals surface area (Å²) in [6.07, 6.45) is 11.0. The molecule has 30 heavy (non-hydrogen) atoms. The molecule has 1 fully saturated rings. The Morgan fingerprint density at radius 1 is 1.10 bits per heavy atom. The summed E-state index contributed by atoms with van der Waals surface area (Å²) in [4.78, 5) is 23.3. The summed E-state index contributed by atoms with van der Waals surface area (Å²) in [5, 5.41) is 8.39. The number of carbonyl (C=O) groups excluding carboxylic acids is 1. The number of likely N-dealkylation sites (tertiary alicyclic amines) is 1. The van der Waals surface area contributed by atoms with E-state index in [4.69, 9.17) is 23.2 Å². The topological polar surface area (TPSA) is 74.8 Å². The van der Waals surface area contributed by atoms with Crippen molar-refractivity contribution in [1.82, 2.24) is 25.1 Å². The molecule has 3 aromatic rings. The second-order valence-corrected chi connectivity index (χ2v) is 8.84. The van der Waals surface area contributed by atoms with Crippen LogP contribution in [0.4, 0.5) is 0 Å². The van der Waals surface area contributed by atoms with E-state index in [0.717, 1.165) is 54.6 Å². The van der Waals surface area contributed by atoms with Gasteiger partial charge in [0.1, 0.15) is 6.33 Å². The Balaban J connectivity index is 1.31. The molecule has 0 radical (unpaired) electrons. The molecule has 1 N–H and O–H groups in total. The van der Waals surface area contributed by atoms with Gasteiger partial charge in [0.25, 0.3) is 0 Å². The Kier molecular flexibility index (Phi) is 5.21. The van der Waals surface area contributed by atoms with Crippen LogP contribution < -0.4 is 0 Å². The van der Waals surface area contributed by atoms with Crippen LogP contribution in [-0.2, 0) is 24.1 Å². The maximum atomic E-state index is 13.2. The monoisotopic (exact) mass is 441 g/mol. The van der Waals surface area contributed by atoms with Crippen LogP contribution in [0, 0.1) is 5.92 Å². The molecular weight excluding hydrogens is 421 g/mol. The van der Waals surface area contributed by atoms with Gasteiger partial charge in [-0.3, -0.25) is 9.89 Å². The zero-order valence-electron chi connectivity index (χ0n) is 16.3. The van der Waals surface area contributed by atoms with Gasteiger partial charge in [-0.25, -0.2) is 9.97 Å². The number of halogens is 2. The van der Waals surface area contributed by atoms with E-state index in [0.29, 0.717) is 16.5 Å². The minimum absolute atomic E-state index is 0.0864. The molecule has 2 atom stereocenters. The minimum Gasteiger partial charge on any atom is -0.339 e. The fourth-order valence-electron chi connectivity index (χ4n) is 4.64. The lowest BCUT2D eigenvalue weighted by molar-refractivity contribution is -0.133. The Morgan fingerprint density at radius 3 is 2.63 bits per heavy atom. The average molecular weight is 442 g/mol. The highest BCUT2D eigenvalue weighted by atomic mass is 35.5. The molecular formula is C22H21Cl2N5O. The van der Waals surface area contributed by atoms with Crippen LogP contribution in [0.25, 0.3) is 11.1 Å². The van der Waals surface area contributed by atoms with E-state index >= 15 is 0 Å². The number of fused-ring (bicyclic) bond motifs is 1. The molecule has 1 amide bonds. The van der Waals surface area contributed by atoms with Crippen molar-refractivity contribution in [3.05, 3.63) is 63.9 Å². The molecule has 6 nitrogen and oxygen atoms in total. The Bertz CT molecular complexity index is 1060. The lowest BCUT2D eigenvalue weighted by Crippen LogP contribution is -2.41. The van der Waals surface area contributed by atoms with Gasteiger partial charge >= 0.3 is 0 Å². The summed E-state index contributed by atoms with van der Waals surface area (Å²) >= 11 is 13.2. The summed E-state index contributed by atoms with van der Waals surface area (Å²) in [5.41, 5.74) is 4.92. The molecule has 1 aliphatic heterocycles. The summed E-state index contributed by atoms with van der Waals surface area (Å²) in [7, 11) is 0. The fraction of sp³-hybridized carbons (Fsp3) is 0.364. The third kappa shape index (κ3) is 3.59. The van der Waals surface area contributed by atoms with Crippen LogP contribution in [0.15, 0.2) is 37.1 Å². The first-order chi connectivity index (χ1) is 14.6. The molecule has 154 valence electrons. The number of rotatable bonds is 4. The number of aryl methyl sites for hydroxylation is 1. The lowest BCUT2D eigenvalue weighted by atomic mass is 9.92. The smallest absolute Gasteiger partial charge is 0.226 e. The first kappa shape index (κ1) is 19.5. The number of aromatic nitrogens is 4. The zero-order valence-corrected chi connectivity index (χ0v) is 17.8. The molecule has 0 bridgehead atoms. The van der Waals surface area contributed by atoms with E-state index in [2.05, 4.69) is 25.1 Å². The number of benzene rings is 1. The summed E-state index contributed by atoms with van der Waals surface area (Å²) in [6, 6.07) is 4.00. The first-order valence-corrected chi connectivity index (χ1v) is 10.9. The highest BCUT2D eigenvalue weighted by Gasteiger charge is 2.38. The van der Waals surface area contributed by atoms with Crippen LogP contribution in [0.5, 0.6) is 0 Å². The molecule has 2 unspecified atom stereocenters. The maximum absolute atomic E-state index is 13.2. The second kappa shape index (κ2) is 8.00. The van der Waals surface area contributed by atoms with Crippen molar-refractivity contribution in [1.29, 1.82) is 0 Å². The third-order valence-corrected chi connectivity index (χ3v) is 6.93. The largest absolute Gasteiger partial charge is 0.339 e. The minimum atomic E-state index is -0.0864. The van der Waals surface area contributed by atoms with Crippen molar-refractivity contribution in [2.45, 2.75) is 38.1 Å². The molecule has 0 spiro atoms. The number of aromatic amines is 1. The predicted molar refractivity (Wildman–Crippen MR) is 115 cm³/mol. The Hall–Kier alpha value is -2.44. The molecule has 0 saturated carbocycles. The van der Waals surface area contributed by atoms with E-state index in [1.165, 1.54) is 11.9 Å². The number of hydrogen-bond donors (Lipinski definition) is 1. The van der Waals surface area contributed by atoms with Gasteiger partial charge in [0.15, 0.2) is 0 Å². The molecule has 1 aromatic carbocycles. The van der Waals surface area contributed by atoms with E-state index in [9.17, 15) is 4.79 Å². The van der Waals surface area contributed by atoms with Gasteiger partial charge < -0.3 is 4.90 Å². The first-order valence-electron chi connectivity index (χ1n) is 10.2. The summed E-state index contributed by atoms with van der Waals surface area (Å²) < 4.78 is 0. The highest BCUT2D eigenvalue weighted by molar-refractivity contribution is 6.36. The van der Waals surface area contributed by atoms with Gasteiger partial charge in [-0.1, -0.05) is 23.2 Å². The third-order valence-electron chi connectivity index (χ3n) is 6.26. The Morgan fingerprint density at radius 2 is 1.87 bits per heavy atom. The molecule has 5 rings (SSSR count). The zero-order chi connectivity index (χ0) is 20.7. The second-order valence-electron chi connectivity index (χ2n) is 8.02. The number of amides is 1. The predicted octanol–water partition coefficient (Wildman–Crippen LogP) is 4.12. The number of hydrogen-bond acceptors (Lipinski definition) is 4. The Labute approximate surface area is 184 Å². The molecule has 2 aliphatic rings. The van der Waals surface area contributed by atoms with Crippen molar-refractivity contribution in [3.63, 3.8) is 0 Å². The number of carbonyl (C=O) groups is 1. The summed E-state index contributed by atoms with van der Waals surface area (Å²) in [5.74, 6) is 0.122. The molecule has 1 saturated heterocycles. The highest BCUT2D eigenvalue weighted by Crippen LogP contribution is 2.36. The molecule has 2 aromatic heterocycles. The van der Waals surface area contributed by atoms with Crippen molar-refractivity contribution < 1.29 is 4.79 Å². The quantitative estimate of drug-likeness (QED) is 0.660. The van der Waals surface area contributed by atoms with Gasteiger partial charge in [0, 0.05) is 52.7 Å². The van der Waals surface area contributed by atoms with Crippen LogP contribution in [0.3, 0.4) is 0 Å². The number of H-pyrrole nitrogens is 1. The van der Waals surface area contributed by atoms with E-state index < -0.39 is 0 Å². The average Bonchev–Trinajstić information content (AvgIpc) is 3.37. The maximum Gasteiger partial charge on any atom is 0.226 e. The van der Waals surface area contributed by atoms with Crippen LogP contribution in [0.2, 0.25) is 10.0 Å². The standard InChI is InChI=1S/C22H21Cl2N5O/c23-19-7-14(16-9-25-12-26-10-16)8-20(24)18(19)6-13-3-4-29(22(13)30)17-1-2-21-15(5-17)11-27-28-21/h7-13,17H,1-6H2,(H,27,28). The van der Waals surface area contributed by atoms with Gasteiger partial charge in [-0.15, -0.1) is 0 Å². The van der Waals surface area contributed by atoms with Gasteiger partial charge in [-0.2, -0.15) is 5.10 Å². The van der Waals surface area contributed by atoms with Crippen molar-refractivity contribution >= 4 is 29.1 Å². The van der Waals surface area contributed by atoms with E-state index in [1.807, 2.05) is 18.3 Å². The number of nitrogens with zero attached hydrogens (tertiary/aromatic N) is 4. The van der Waals surface area contributed by atoms with Crippen molar-refractivity contribution in [3.8, 4) is 11.1 Å². The van der Waals surface area contributed by atoms with E-state index in [-0.39, 0.29) is 17.9 Å². The normalized spacial score (nSPS) is 21.1. The van der Waals surface area contributed by atoms with Gasteiger partial charge in [-0.05, 0) is 60.9 Å². The summed E-state index contributed by atoms with van der Waals surface area (Å²) in [6.45, 7) is 0.788. The molecule has 3 heterocycles. The van der Waals surface area contributed by atoms with Crippen molar-refractivity contribution in [2.75, 3.05) is 6.54 Å². The molecule has 8 heteroatoms. The molecule has 1 aliphatic carbocycles. The number of nitrogens with one attached hydrogen (secondary N) is 1. The SMILES string of the molecule is O=C1C(Cc2c(Cl)cc(-c3cncnc3)cc2Cl)CCN1C1CCc2n[nH]cc2C1.